The molecule has 1 aromatic carbocycles. The Kier molecular flexibility index (Phi) is 7.18. The van der Waals surface area contributed by atoms with Gasteiger partial charge in [0.2, 0.25) is 28.6 Å². The molecule has 1 N–H and O–H groups in total. The molecule has 0 aliphatic heterocycles. The molecule has 1 unspecified atom stereocenters. The molecule has 0 aliphatic rings. The van der Waals surface area contributed by atoms with E-state index in [0.717, 1.165) is 16.9 Å². The van der Waals surface area contributed by atoms with Crippen molar-refractivity contribution in [3.8, 4) is 22.7 Å². The van der Waals surface area contributed by atoms with Crippen LogP contribution in [0.2, 0.25) is 0 Å². The summed E-state index contributed by atoms with van der Waals surface area (Å²) < 4.78 is 17.3. The van der Waals surface area contributed by atoms with Crippen LogP contribution < -0.4 is 10.7 Å². The molecule has 1 atom stereocenters. The van der Waals surface area contributed by atoms with Crippen molar-refractivity contribution in [3.63, 3.8) is 0 Å². The van der Waals surface area contributed by atoms with Crippen LogP contribution in [0.1, 0.15) is 29.7 Å². The smallest absolute Gasteiger partial charge is 0.249 e. The Morgan fingerprint density at radius 3 is 2.65 bits per heavy atom. The molecule has 10 heteroatoms. The molecule has 0 aliphatic carbocycles. The van der Waals surface area contributed by atoms with Crippen molar-refractivity contribution in [1.82, 2.24) is 20.4 Å². The molecule has 188 valence electrons. The summed E-state index contributed by atoms with van der Waals surface area (Å²) in [7, 11) is 0. The van der Waals surface area contributed by atoms with E-state index in [1.807, 2.05) is 42.7 Å². The summed E-state index contributed by atoms with van der Waals surface area (Å²) in [4.78, 5) is 34.5. The zero-order chi connectivity index (χ0) is 25.8. The third-order valence-corrected chi connectivity index (χ3v) is 6.40. The fourth-order valence-electron chi connectivity index (χ4n) is 4.03. The highest BCUT2D eigenvalue weighted by Crippen LogP contribution is 2.33. The van der Waals surface area contributed by atoms with Crippen molar-refractivity contribution in [2.75, 3.05) is 12.0 Å². The van der Waals surface area contributed by atoms with E-state index >= 15 is 0 Å². The molecule has 1 amide bonds. The maximum Gasteiger partial charge on any atom is 0.249 e. The third kappa shape index (κ3) is 5.34. The van der Waals surface area contributed by atoms with Crippen molar-refractivity contribution in [1.29, 1.82) is 0 Å². The minimum atomic E-state index is -0.495. The van der Waals surface area contributed by atoms with Crippen LogP contribution in [0.15, 0.2) is 79.1 Å². The van der Waals surface area contributed by atoms with E-state index in [0.29, 0.717) is 35.2 Å². The minimum absolute atomic E-state index is 0.0665. The number of carbonyl (C=O) groups excluding carboxylic acids is 1. The summed E-state index contributed by atoms with van der Waals surface area (Å²) in [5.74, 6) is 2.05. The summed E-state index contributed by atoms with van der Waals surface area (Å²) in [6.07, 6.45) is 5.83. The van der Waals surface area contributed by atoms with Gasteiger partial charge in [0.25, 0.3) is 0 Å². The number of benzene rings is 1. The second-order valence-corrected chi connectivity index (χ2v) is 9.42. The van der Waals surface area contributed by atoms with E-state index in [1.54, 1.807) is 37.1 Å². The lowest BCUT2D eigenvalue weighted by Crippen LogP contribution is -2.30. The minimum Gasteiger partial charge on any atom is -0.457 e. The van der Waals surface area contributed by atoms with Crippen LogP contribution in [-0.2, 0) is 11.2 Å². The Hall–Kier alpha value is -4.18. The Balaban J connectivity index is 1.45. The molecule has 5 aromatic rings. The predicted molar refractivity (Wildman–Crippen MR) is 140 cm³/mol. The van der Waals surface area contributed by atoms with Crippen LogP contribution in [-0.4, -0.2) is 33.0 Å². The second kappa shape index (κ2) is 10.8. The van der Waals surface area contributed by atoms with Gasteiger partial charge in [-0.1, -0.05) is 35.5 Å². The van der Waals surface area contributed by atoms with Crippen molar-refractivity contribution >= 4 is 28.8 Å². The quantitative estimate of drug-likeness (QED) is 0.289. The number of carbonyl (C=O) groups is 1. The van der Waals surface area contributed by atoms with Gasteiger partial charge in [0.15, 0.2) is 5.58 Å². The Morgan fingerprint density at radius 1 is 1.08 bits per heavy atom. The zero-order valence-corrected chi connectivity index (χ0v) is 21.1. The number of pyridine rings is 1. The van der Waals surface area contributed by atoms with Gasteiger partial charge >= 0.3 is 0 Å². The van der Waals surface area contributed by atoms with Gasteiger partial charge in [-0.15, -0.1) is 0 Å². The summed E-state index contributed by atoms with van der Waals surface area (Å²) in [5.41, 5.74) is 2.03. The zero-order valence-electron chi connectivity index (χ0n) is 20.3. The molecule has 37 heavy (non-hydrogen) atoms. The van der Waals surface area contributed by atoms with Gasteiger partial charge in [-0.25, -0.2) is 0 Å². The van der Waals surface area contributed by atoms with Crippen LogP contribution >= 0.6 is 11.8 Å². The number of nitrogens with zero attached hydrogens (tertiary/aromatic N) is 3. The Labute approximate surface area is 216 Å². The van der Waals surface area contributed by atoms with Gasteiger partial charge in [-0.05, 0) is 37.5 Å². The number of hydrogen-bond donors (Lipinski definition) is 1. The van der Waals surface area contributed by atoms with Gasteiger partial charge in [-0.2, -0.15) is 16.7 Å². The molecule has 5 rings (SSSR count). The van der Waals surface area contributed by atoms with E-state index in [2.05, 4.69) is 20.4 Å². The van der Waals surface area contributed by atoms with Gasteiger partial charge < -0.3 is 18.7 Å². The lowest BCUT2D eigenvalue weighted by Gasteiger charge is -2.14. The topological polar surface area (TPSA) is 124 Å². The molecule has 9 nitrogen and oxygen atoms in total. The Bertz CT molecular complexity index is 1580. The van der Waals surface area contributed by atoms with Crippen LogP contribution in [0.5, 0.6) is 0 Å². The maximum absolute atomic E-state index is 13.4. The Morgan fingerprint density at radius 2 is 1.89 bits per heavy atom. The van der Waals surface area contributed by atoms with Crippen LogP contribution in [0.4, 0.5) is 0 Å². The van der Waals surface area contributed by atoms with E-state index in [4.69, 9.17) is 13.4 Å². The lowest BCUT2D eigenvalue weighted by atomic mass is 10.0. The van der Waals surface area contributed by atoms with E-state index in [1.165, 1.54) is 6.07 Å². The monoisotopic (exact) mass is 516 g/mol. The van der Waals surface area contributed by atoms with Crippen LogP contribution in [0, 0.1) is 6.92 Å². The average Bonchev–Trinajstić information content (AvgIpc) is 3.54. The molecule has 0 saturated carbocycles. The van der Waals surface area contributed by atoms with Gasteiger partial charge in [0, 0.05) is 29.6 Å². The number of furan rings is 1. The van der Waals surface area contributed by atoms with Gasteiger partial charge in [0.1, 0.15) is 17.6 Å². The number of aromatic nitrogens is 3. The van der Waals surface area contributed by atoms with E-state index in [9.17, 15) is 9.59 Å². The summed E-state index contributed by atoms with van der Waals surface area (Å²) in [6, 6.07) is 13.8. The van der Waals surface area contributed by atoms with Crippen molar-refractivity contribution in [2.24, 2.45) is 0 Å². The molecule has 0 radical (unpaired) electrons. The molecular weight excluding hydrogens is 492 g/mol. The van der Waals surface area contributed by atoms with E-state index in [-0.39, 0.29) is 28.9 Å². The largest absolute Gasteiger partial charge is 0.457 e. The molecule has 4 heterocycles. The highest BCUT2D eigenvalue weighted by atomic mass is 32.2. The third-order valence-electron chi connectivity index (χ3n) is 5.76. The highest BCUT2D eigenvalue weighted by molar-refractivity contribution is 7.98. The molecule has 0 fully saturated rings. The first-order valence-corrected chi connectivity index (χ1v) is 13.1. The van der Waals surface area contributed by atoms with Crippen molar-refractivity contribution in [3.05, 3.63) is 88.4 Å². The van der Waals surface area contributed by atoms with Crippen LogP contribution in [0.25, 0.3) is 33.9 Å². The van der Waals surface area contributed by atoms with Crippen molar-refractivity contribution < 1.29 is 18.2 Å². The number of hydrogen-bond acceptors (Lipinski definition) is 9. The summed E-state index contributed by atoms with van der Waals surface area (Å²) in [6.45, 7) is 1.69. The summed E-state index contributed by atoms with van der Waals surface area (Å²) >= 11 is 1.65. The fraction of sp³-hybridized carbons (Fsp3) is 0.222. The first kappa shape index (κ1) is 24.5. The first-order chi connectivity index (χ1) is 18.0. The SMILES string of the molecule is CSCCC(NC(=O)Cc1c(-c2ccccc2)oc2c(=O)cc(C)oc12)c1nc(-c2cccnc2)no1. The number of fused-ring (bicyclic) bond motifs is 1. The average molecular weight is 517 g/mol. The molecule has 0 bridgehead atoms. The number of nitrogens with one attached hydrogen (secondary N) is 1. The number of amides is 1. The highest BCUT2D eigenvalue weighted by Gasteiger charge is 2.26. The maximum atomic E-state index is 13.4. The van der Waals surface area contributed by atoms with Gasteiger partial charge in [-0.3, -0.25) is 14.6 Å². The van der Waals surface area contributed by atoms with Gasteiger partial charge in [0.05, 0.1) is 12.0 Å². The standard InChI is InChI=1S/C27H24N4O5S/c1-16-13-21(32)25-24(34-16)19(23(35-25)17-7-4-3-5-8-17)14-22(33)29-20(10-12-37-2)27-30-26(31-36-27)18-9-6-11-28-15-18/h3-9,11,13,15,20H,10,12,14H2,1-2H3,(H,29,33). The normalized spacial score (nSPS) is 12.1. The first-order valence-electron chi connectivity index (χ1n) is 11.7. The molecule has 0 saturated heterocycles. The number of thioether (sulfide) groups is 1. The molecule has 0 spiro atoms. The molecule has 4 aromatic heterocycles. The number of rotatable bonds is 9. The molecular formula is C27H24N4O5S. The fourth-order valence-corrected chi connectivity index (χ4v) is 4.50. The lowest BCUT2D eigenvalue weighted by molar-refractivity contribution is -0.121. The number of aryl methyl sites for hydroxylation is 1. The summed E-state index contributed by atoms with van der Waals surface area (Å²) in [5, 5.41) is 7.08. The van der Waals surface area contributed by atoms with E-state index < -0.39 is 6.04 Å². The van der Waals surface area contributed by atoms with Crippen molar-refractivity contribution in [2.45, 2.75) is 25.8 Å². The second-order valence-electron chi connectivity index (χ2n) is 8.43. The van der Waals surface area contributed by atoms with Crippen LogP contribution in [0.3, 0.4) is 0 Å². The predicted octanol–water partition coefficient (Wildman–Crippen LogP) is 4.96.